The molecule has 3 heteroatoms. The number of pyridine rings is 2. The first-order chi connectivity index (χ1) is 18.5. The molecule has 0 spiro atoms. The van der Waals surface area contributed by atoms with Crippen molar-refractivity contribution in [2.24, 2.45) is 0 Å². The highest BCUT2D eigenvalue weighted by molar-refractivity contribution is 5.96. The van der Waals surface area contributed by atoms with Crippen LogP contribution in [0.15, 0.2) is 85.3 Å². The fourth-order valence-corrected chi connectivity index (χ4v) is 5.75. The van der Waals surface area contributed by atoms with Crippen LogP contribution in [-0.2, 0) is 6.42 Å². The lowest BCUT2D eigenvalue weighted by Gasteiger charge is -2.18. The van der Waals surface area contributed by atoms with Crippen molar-refractivity contribution in [1.29, 1.82) is 0 Å². The van der Waals surface area contributed by atoms with E-state index < -0.39 is 0 Å². The van der Waals surface area contributed by atoms with Crippen LogP contribution in [0.3, 0.4) is 0 Å². The second-order valence-electron chi connectivity index (χ2n) is 10.4. The lowest BCUT2D eigenvalue weighted by molar-refractivity contribution is 0.415. The Morgan fingerprint density at radius 2 is 1.55 bits per heavy atom. The summed E-state index contributed by atoms with van der Waals surface area (Å²) >= 11 is 0. The quantitative estimate of drug-likeness (QED) is 0.238. The summed E-state index contributed by atoms with van der Waals surface area (Å²) in [6.45, 7) is 8.87. The van der Waals surface area contributed by atoms with Crippen molar-refractivity contribution in [2.75, 3.05) is 7.11 Å². The number of methoxy groups -OCH3 is 1. The molecule has 0 bridgehead atoms. The van der Waals surface area contributed by atoms with Gasteiger partial charge < -0.3 is 4.74 Å². The predicted molar refractivity (Wildman–Crippen MR) is 160 cm³/mol. The number of aryl methyl sites for hydroxylation is 2. The zero-order valence-electron chi connectivity index (χ0n) is 22.7. The summed E-state index contributed by atoms with van der Waals surface area (Å²) in [5.41, 5.74) is 9.71. The van der Waals surface area contributed by atoms with Crippen LogP contribution in [0.2, 0.25) is 0 Å². The first-order valence-corrected chi connectivity index (χ1v) is 13.3. The topological polar surface area (TPSA) is 35.0 Å². The van der Waals surface area contributed by atoms with Crippen LogP contribution >= 0.6 is 0 Å². The van der Waals surface area contributed by atoms with Crippen molar-refractivity contribution < 1.29 is 4.74 Å². The molecule has 0 radical (unpaired) electrons. The molecule has 2 heterocycles. The molecule has 188 valence electrons. The van der Waals surface area contributed by atoms with Gasteiger partial charge in [0.15, 0.2) is 0 Å². The number of rotatable bonds is 5. The smallest absolute Gasteiger partial charge is 0.119 e. The van der Waals surface area contributed by atoms with Gasteiger partial charge in [-0.1, -0.05) is 51.1 Å². The molecule has 0 unspecified atom stereocenters. The van der Waals surface area contributed by atoms with Crippen molar-refractivity contribution in [3.05, 3.63) is 102 Å². The number of fused-ring (bicyclic) bond motifs is 3. The molecule has 38 heavy (non-hydrogen) atoms. The van der Waals surface area contributed by atoms with E-state index in [1.807, 2.05) is 18.6 Å². The molecule has 0 aliphatic rings. The number of aromatic nitrogens is 2. The van der Waals surface area contributed by atoms with Crippen molar-refractivity contribution in [3.63, 3.8) is 0 Å². The van der Waals surface area contributed by atoms with Crippen LogP contribution in [0.25, 0.3) is 54.7 Å². The molecule has 2 aromatic heterocycles. The molecule has 0 aliphatic heterocycles. The summed E-state index contributed by atoms with van der Waals surface area (Å²) in [5.74, 6) is 1.23. The van der Waals surface area contributed by atoms with Gasteiger partial charge in [-0.15, -0.1) is 0 Å². The fourth-order valence-electron chi connectivity index (χ4n) is 5.75. The minimum atomic E-state index is 0.333. The SMILES string of the molecule is CCc1cc(-c2cnc3c(C(C)C)c(-c4ccc5cc(OC)cc(C)c5c4)ccc3c2)cc2ccncc12. The molecule has 0 fully saturated rings. The van der Waals surface area contributed by atoms with E-state index in [4.69, 9.17) is 9.72 Å². The molecule has 0 saturated heterocycles. The van der Waals surface area contributed by atoms with Crippen molar-refractivity contribution in [3.8, 4) is 28.0 Å². The van der Waals surface area contributed by atoms with Gasteiger partial charge in [-0.2, -0.15) is 0 Å². The Morgan fingerprint density at radius 1 is 0.763 bits per heavy atom. The van der Waals surface area contributed by atoms with E-state index in [1.165, 1.54) is 60.3 Å². The number of hydrogen-bond acceptors (Lipinski definition) is 3. The Kier molecular flexibility index (Phi) is 6.07. The summed E-state index contributed by atoms with van der Waals surface area (Å²) in [7, 11) is 1.72. The molecule has 6 aromatic rings. The maximum Gasteiger partial charge on any atom is 0.119 e. The van der Waals surface area contributed by atoms with Crippen LogP contribution in [-0.4, -0.2) is 17.1 Å². The van der Waals surface area contributed by atoms with Gasteiger partial charge in [0.05, 0.1) is 12.6 Å². The summed E-state index contributed by atoms with van der Waals surface area (Å²) in [5, 5.41) is 6.06. The third-order valence-electron chi connectivity index (χ3n) is 7.71. The van der Waals surface area contributed by atoms with Gasteiger partial charge in [-0.05, 0) is 105 Å². The molecule has 0 aliphatic carbocycles. The van der Waals surface area contributed by atoms with E-state index in [0.29, 0.717) is 5.92 Å². The number of ether oxygens (including phenoxy) is 1. The third-order valence-corrected chi connectivity index (χ3v) is 7.71. The van der Waals surface area contributed by atoms with Crippen LogP contribution in [0, 0.1) is 6.92 Å². The molecule has 6 rings (SSSR count). The van der Waals surface area contributed by atoms with E-state index in [2.05, 4.69) is 99.4 Å². The van der Waals surface area contributed by atoms with Crippen LogP contribution in [0.4, 0.5) is 0 Å². The van der Waals surface area contributed by atoms with Gasteiger partial charge >= 0.3 is 0 Å². The minimum Gasteiger partial charge on any atom is -0.497 e. The van der Waals surface area contributed by atoms with Gasteiger partial charge in [0, 0.05) is 34.9 Å². The van der Waals surface area contributed by atoms with Gasteiger partial charge in [0.1, 0.15) is 5.75 Å². The normalized spacial score (nSPS) is 11.6. The highest BCUT2D eigenvalue weighted by Crippen LogP contribution is 2.38. The molecular formula is C35H32N2O. The average Bonchev–Trinajstić information content (AvgIpc) is 2.95. The molecule has 3 nitrogen and oxygen atoms in total. The highest BCUT2D eigenvalue weighted by atomic mass is 16.5. The monoisotopic (exact) mass is 496 g/mol. The first kappa shape index (κ1) is 24.1. The fraction of sp³-hybridized carbons (Fsp3) is 0.200. The number of hydrogen-bond donors (Lipinski definition) is 0. The Bertz CT molecular complexity index is 1830. The lowest BCUT2D eigenvalue weighted by atomic mass is 9.88. The maximum absolute atomic E-state index is 5.48. The molecule has 0 N–H and O–H groups in total. The van der Waals surface area contributed by atoms with Crippen molar-refractivity contribution in [2.45, 2.75) is 40.0 Å². The second-order valence-corrected chi connectivity index (χ2v) is 10.4. The molecular weight excluding hydrogens is 464 g/mol. The van der Waals surface area contributed by atoms with Crippen LogP contribution in [0.5, 0.6) is 5.75 Å². The van der Waals surface area contributed by atoms with Crippen molar-refractivity contribution in [1.82, 2.24) is 9.97 Å². The van der Waals surface area contributed by atoms with Crippen molar-refractivity contribution >= 4 is 32.4 Å². The van der Waals surface area contributed by atoms with Gasteiger partial charge in [0.25, 0.3) is 0 Å². The Labute approximate surface area is 224 Å². The summed E-state index contributed by atoms with van der Waals surface area (Å²) in [4.78, 5) is 9.41. The highest BCUT2D eigenvalue weighted by Gasteiger charge is 2.16. The Balaban J connectivity index is 1.50. The van der Waals surface area contributed by atoms with Crippen LogP contribution in [0.1, 0.15) is 43.4 Å². The summed E-state index contributed by atoms with van der Waals surface area (Å²) < 4.78 is 5.48. The zero-order valence-corrected chi connectivity index (χ0v) is 22.7. The van der Waals surface area contributed by atoms with E-state index in [-0.39, 0.29) is 0 Å². The Morgan fingerprint density at radius 3 is 2.34 bits per heavy atom. The summed E-state index contributed by atoms with van der Waals surface area (Å²) in [6, 6.07) is 24.4. The zero-order chi connectivity index (χ0) is 26.4. The summed E-state index contributed by atoms with van der Waals surface area (Å²) in [6.07, 6.45) is 6.84. The van der Waals surface area contributed by atoms with Crippen LogP contribution < -0.4 is 4.74 Å². The number of nitrogens with zero attached hydrogens (tertiary/aromatic N) is 2. The predicted octanol–water partition coefficient (Wildman–Crippen LogP) is 9.27. The molecule has 0 saturated carbocycles. The van der Waals surface area contributed by atoms with Gasteiger partial charge in [0.2, 0.25) is 0 Å². The van der Waals surface area contributed by atoms with E-state index in [9.17, 15) is 0 Å². The first-order valence-electron chi connectivity index (χ1n) is 13.3. The molecule has 4 aromatic carbocycles. The van der Waals surface area contributed by atoms with E-state index >= 15 is 0 Å². The minimum absolute atomic E-state index is 0.333. The third kappa shape index (κ3) is 4.09. The standard InChI is InChI=1S/C35H32N2O/c1-6-23-14-28(15-26-11-12-36-20-33(23)26)29-16-27-9-10-31(34(21(2)3)35(27)37-19-29)25-8-7-24-17-30(38-5)13-22(4)32(24)18-25/h7-21H,6H2,1-5H3. The van der Waals surface area contributed by atoms with E-state index in [0.717, 1.165) is 23.3 Å². The van der Waals surface area contributed by atoms with Gasteiger partial charge in [-0.3, -0.25) is 9.97 Å². The largest absolute Gasteiger partial charge is 0.497 e. The number of benzene rings is 4. The average molecular weight is 497 g/mol. The van der Waals surface area contributed by atoms with E-state index in [1.54, 1.807) is 7.11 Å². The Hall–Kier alpha value is -4.24. The maximum atomic E-state index is 5.48. The van der Waals surface area contributed by atoms with Gasteiger partial charge in [-0.25, -0.2) is 0 Å². The lowest BCUT2D eigenvalue weighted by Crippen LogP contribution is -1.97. The molecule has 0 atom stereocenters. The molecule has 0 amide bonds. The second kappa shape index (κ2) is 9.57.